The average molecular weight is 354 g/mol. The smallest absolute Gasteiger partial charge is 0.269 e. The van der Waals surface area contributed by atoms with E-state index in [4.69, 9.17) is 4.74 Å². The molecule has 6 heteroatoms. The molecule has 0 aliphatic carbocycles. The third-order valence-electron chi connectivity index (χ3n) is 4.57. The molecule has 6 nitrogen and oxygen atoms in total. The molecule has 1 atom stereocenters. The molecule has 1 saturated heterocycles. The van der Waals surface area contributed by atoms with Crippen molar-refractivity contribution in [2.24, 2.45) is 0 Å². The summed E-state index contributed by atoms with van der Waals surface area (Å²) in [6, 6.07) is 14.0. The maximum Gasteiger partial charge on any atom is 0.269 e. The van der Waals surface area contributed by atoms with Crippen LogP contribution in [0.5, 0.6) is 0 Å². The Morgan fingerprint density at radius 3 is 2.77 bits per heavy atom. The molecule has 0 bridgehead atoms. The summed E-state index contributed by atoms with van der Waals surface area (Å²) in [6.45, 7) is 3.57. The van der Waals surface area contributed by atoms with Crippen LogP contribution in [0.25, 0.3) is 0 Å². The highest BCUT2D eigenvalue weighted by molar-refractivity contribution is 5.94. The van der Waals surface area contributed by atoms with E-state index < -0.39 is 4.92 Å². The lowest BCUT2D eigenvalue weighted by Gasteiger charge is -2.32. The Balaban J connectivity index is 1.58. The highest BCUT2D eigenvalue weighted by Gasteiger charge is 2.25. The van der Waals surface area contributed by atoms with Crippen molar-refractivity contribution >= 4 is 11.6 Å². The zero-order valence-corrected chi connectivity index (χ0v) is 14.8. The van der Waals surface area contributed by atoms with E-state index in [0.717, 1.165) is 30.5 Å². The highest BCUT2D eigenvalue weighted by atomic mass is 16.6. The minimum absolute atomic E-state index is 0.0219. The maximum absolute atomic E-state index is 12.6. The molecule has 26 heavy (non-hydrogen) atoms. The topological polar surface area (TPSA) is 72.7 Å². The van der Waals surface area contributed by atoms with Gasteiger partial charge in [0, 0.05) is 30.8 Å². The van der Waals surface area contributed by atoms with E-state index >= 15 is 0 Å². The fourth-order valence-electron chi connectivity index (χ4n) is 3.11. The number of nitrogens with zero attached hydrogens (tertiary/aromatic N) is 2. The van der Waals surface area contributed by atoms with Crippen LogP contribution < -0.4 is 0 Å². The number of aryl methyl sites for hydroxylation is 1. The molecule has 1 aliphatic heterocycles. The first-order chi connectivity index (χ1) is 12.5. The third-order valence-corrected chi connectivity index (χ3v) is 4.57. The number of nitro benzene ring substituents is 1. The molecule has 0 spiro atoms. The second kappa shape index (κ2) is 8.10. The SMILES string of the molecule is Cc1ccc(C(=O)N2CCCC(OCc3cccc([N+](=O)[O-])c3)C2)cc1. The monoisotopic (exact) mass is 354 g/mol. The number of hydrogen-bond acceptors (Lipinski definition) is 4. The van der Waals surface area contributed by atoms with Gasteiger partial charge in [-0.25, -0.2) is 0 Å². The average Bonchev–Trinajstić information content (AvgIpc) is 2.67. The Morgan fingerprint density at radius 1 is 1.27 bits per heavy atom. The predicted molar refractivity (Wildman–Crippen MR) is 98.0 cm³/mol. The van der Waals surface area contributed by atoms with Crippen LogP contribution in [0.2, 0.25) is 0 Å². The number of nitro groups is 1. The van der Waals surface area contributed by atoms with Crippen LogP contribution in [0.1, 0.15) is 34.3 Å². The Labute approximate surface area is 152 Å². The standard InChI is InChI=1S/C20H22N2O4/c1-15-7-9-17(10-8-15)20(23)21-11-3-6-19(13-21)26-14-16-4-2-5-18(12-16)22(24)25/h2,4-5,7-10,12,19H,3,6,11,13-14H2,1H3. The van der Waals surface area contributed by atoms with E-state index in [9.17, 15) is 14.9 Å². The van der Waals surface area contributed by atoms with Crippen LogP contribution in [0.4, 0.5) is 5.69 Å². The van der Waals surface area contributed by atoms with Gasteiger partial charge < -0.3 is 9.64 Å². The van der Waals surface area contributed by atoms with Crippen LogP contribution >= 0.6 is 0 Å². The van der Waals surface area contributed by atoms with Crippen LogP contribution in [0.15, 0.2) is 48.5 Å². The number of benzene rings is 2. The van der Waals surface area contributed by atoms with Crippen molar-refractivity contribution in [3.63, 3.8) is 0 Å². The molecule has 0 radical (unpaired) electrons. The van der Waals surface area contributed by atoms with E-state index in [0.29, 0.717) is 18.7 Å². The van der Waals surface area contributed by atoms with Crippen LogP contribution in [-0.2, 0) is 11.3 Å². The van der Waals surface area contributed by atoms with Gasteiger partial charge in [-0.2, -0.15) is 0 Å². The van der Waals surface area contributed by atoms with Crippen molar-refractivity contribution < 1.29 is 14.5 Å². The van der Waals surface area contributed by atoms with E-state index in [1.807, 2.05) is 42.2 Å². The van der Waals surface area contributed by atoms with Crippen molar-refractivity contribution in [1.29, 1.82) is 0 Å². The predicted octanol–water partition coefficient (Wildman–Crippen LogP) is 3.72. The minimum atomic E-state index is -0.411. The first kappa shape index (κ1) is 18.1. The van der Waals surface area contributed by atoms with E-state index in [-0.39, 0.29) is 17.7 Å². The number of likely N-dealkylation sites (tertiary alicyclic amines) is 1. The summed E-state index contributed by atoms with van der Waals surface area (Å²) in [5.41, 5.74) is 2.64. The molecule has 2 aromatic carbocycles. The normalized spacial score (nSPS) is 17.1. The molecule has 1 heterocycles. The summed E-state index contributed by atoms with van der Waals surface area (Å²) in [6.07, 6.45) is 1.71. The summed E-state index contributed by atoms with van der Waals surface area (Å²) in [5, 5.41) is 10.9. The number of ether oxygens (including phenoxy) is 1. The molecular formula is C20H22N2O4. The number of non-ortho nitro benzene ring substituents is 1. The quantitative estimate of drug-likeness (QED) is 0.606. The number of carbonyl (C=O) groups is 1. The molecule has 1 fully saturated rings. The summed E-state index contributed by atoms with van der Waals surface area (Å²) in [4.78, 5) is 24.9. The summed E-state index contributed by atoms with van der Waals surface area (Å²) in [7, 11) is 0. The number of carbonyl (C=O) groups excluding carboxylic acids is 1. The van der Waals surface area contributed by atoms with Crippen molar-refractivity contribution in [3.8, 4) is 0 Å². The first-order valence-electron chi connectivity index (χ1n) is 8.74. The second-order valence-electron chi connectivity index (χ2n) is 6.62. The van der Waals surface area contributed by atoms with Gasteiger partial charge in [0.1, 0.15) is 0 Å². The molecule has 0 N–H and O–H groups in total. The first-order valence-corrected chi connectivity index (χ1v) is 8.74. The van der Waals surface area contributed by atoms with Gasteiger partial charge in [-0.15, -0.1) is 0 Å². The van der Waals surface area contributed by atoms with Crippen molar-refractivity contribution in [1.82, 2.24) is 4.90 Å². The lowest BCUT2D eigenvalue weighted by molar-refractivity contribution is -0.385. The number of amides is 1. The zero-order valence-electron chi connectivity index (χ0n) is 14.8. The Hall–Kier alpha value is -2.73. The molecular weight excluding hydrogens is 332 g/mol. The number of rotatable bonds is 5. The van der Waals surface area contributed by atoms with Crippen molar-refractivity contribution in [2.75, 3.05) is 13.1 Å². The number of hydrogen-bond donors (Lipinski definition) is 0. The Morgan fingerprint density at radius 2 is 2.04 bits per heavy atom. The molecule has 1 aliphatic rings. The van der Waals surface area contributed by atoms with E-state index in [2.05, 4.69) is 0 Å². The van der Waals surface area contributed by atoms with Crippen molar-refractivity contribution in [2.45, 2.75) is 32.5 Å². The van der Waals surface area contributed by atoms with Crippen molar-refractivity contribution in [3.05, 3.63) is 75.3 Å². The van der Waals surface area contributed by atoms with Gasteiger partial charge in [0.25, 0.3) is 11.6 Å². The van der Waals surface area contributed by atoms with Crippen LogP contribution in [0, 0.1) is 17.0 Å². The molecule has 1 unspecified atom stereocenters. The molecule has 1 amide bonds. The third kappa shape index (κ3) is 4.46. The fraction of sp³-hybridized carbons (Fsp3) is 0.350. The zero-order chi connectivity index (χ0) is 18.5. The molecule has 0 aromatic heterocycles. The lowest BCUT2D eigenvalue weighted by Crippen LogP contribution is -2.43. The highest BCUT2D eigenvalue weighted by Crippen LogP contribution is 2.19. The van der Waals surface area contributed by atoms with Gasteiger partial charge in [-0.3, -0.25) is 14.9 Å². The largest absolute Gasteiger partial charge is 0.372 e. The van der Waals surface area contributed by atoms with Gasteiger partial charge >= 0.3 is 0 Å². The van der Waals surface area contributed by atoms with E-state index in [1.54, 1.807) is 6.07 Å². The van der Waals surface area contributed by atoms with Gasteiger partial charge in [0.2, 0.25) is 0 Å². The van der Waals surface area contributed by atoms with Gasteiger partial charge in [0.15, 0.2) is 0 Å². The van der Waals surface area contributed by atoms with Gasteiger partial charge in [-0.1, -0.05) is 29.8 Å². The number of piperidine rings is 1. The summed E-state index contributed by atoms with van der Waals surface area (Å²) in [5.74, 6) is 0.0219. The van der Waals surface area contributed by atoms with Crippen LogP contribution in [0.3, 0.4) is 0 Å². The second-order valence-corrected chi connectivity index (χ2v) is 6.62. The molecule has 0 saturated carbocycles. The van der Waals surface area contributed by atoms with E-state index in [1.165, 1.54) is 12.1 Å². The minimum Gasteiger partial charge on any atom is -0.372 e. The Bertz CT molecular complexity index is 789. The Kier molecular flexibility index (Phi) is 5.63. The van der Waals surface area contributed by atoms with Crippen LogP contribution in [-0.4, -0.2) is 34.9 Å². The fourth-order valence-corrected chi connectivity index (χ4v) is 3.11. The van der Waals surface area contributed by atoms with Gasteiger partial charge in [-0.05, 0) is 37.5 Å². The molecule has 136 valence electrons. The lowest BCUT2D eigenvalue weighted by atomic mass is 10.1. The molecule has 2 aromatic rings. The maximum atomic E-state index is 12.6. The summed E-state index contributed by atoms with van der Waals surface area (Å²) < 4.78 is 5.92. The van der Waals surface area contributed by atoms with Gasteiger partial charge in [0.05, 0.1) is 17.6 Å². The molecule has 3 rings (SSSR count). The summed E-state index contributed by atoms with van der Waals surface area (Å²) >= 11 is 0.